The molecule has 5 heteroatoms. The van der Waals surface area contributed by atoms with Crippen LogP contribution in [0.2, 0.25) is 0 Å². The summed E-state index contributed by atoms with van der Waals surface area (Å²) >= 11 is 3.49. The molecule has 18 heavy (non-hydrogen) atoms. The van der Waals surface area contributed by atoms with Gasteiger partial charge in [0.1, 0.15) is 0 Å². The van der Waals surface area contributed by atoms with Crippen molar-refractivity contribution in [3.05, 3.63) is 11.8 Å². The van der Waals surface area contributed by atoms with Crippen LogP contribution in [-0.4, -0.2) is 34.5 Å². The van der Waals surface area contributed by atoms with E-state index in [0.717, 1.165) is 29.9 Å². The van der Waals surface area contributed by atoms with Crippen molar-refractivity contribution in [3.63, 3.8) is 0 Å². The van der Waals surface area contributed by atoms with Crippen molar-refractivity contribution in [3.8, 4) is 5.88 Å². The average molecular weight is 314 g/mol. The van der Waals surface area contributed by atoms with Gasteiger partial charge in [0.2, 0.25) is 11.8 Å². The second-order valence-corrected chi connectivity index (χ2v) is 5.40. The number of nitrogens with zero attached hydrogens (tertiary/aromatic N) is 3. The molecule has 0 unspecified atom stereocenters. The van der Waals surface area contributed by atoms with Crippen LogP contribution in [0.15, 0.2) is 6.07 Å². The SMILES string of the molecule is CCCOc1cc(C)nc(N(CCBr)C2CC2)n1. The van der Waals surface area contributed by atoms with Crippen molar-refractivity contribution in [2.75, 3.05) is 23.4 Å². The number of anilines is 1. The first-order valence-electron chi connectivity index (χ1n) is 6.55. The van der Waals surface area contributed by atoms with Gasteiger partial charge < -0.3 is 9.64 Å². The maximum Gasteiger partial charge on any atom is 0.229 e. The predicted octanol–water partition coefficient (Wildman–Crippen LogP) is 2.94. The summed E-state index contributed by atoms with van der Waals surface area (Å²) in [7, 11) is 0. The highest BCUT2D eigenvalue weighted by Gasteiger charge is 2.30. The minimum atomic E-state index is 0.614. The molecule has 1 aromatic rings. The topological polar surface area (TPSA) is 38.2 Å². The minimum absolute atomic E-state index is 0.614. The summed E-state index contributed by atoms with van der Waals surface area (Å²) < 4.78 is 5.62. The lowest BCUT2D eigenvalue weighted by Gasteiger charge is -2.22. The smallest absolute Gasteiger partial charge is 0.229 e. The van der Waals surface area contributed by atoms with Gasteiger partial charge in [-0.1, -0.05) is 22.9 Å². The first-order valence-corrected chi connectivity index (χ1v) is 7.67. The molecule has 0 aliphatic heterocycles. The number of ether oxygens (including phenoxy) is 1. The summed E-state index contributed by atoms with van der Waals surface area (Å²) in [5.74, 6) is 1.50. The Kier molecular flexibility index (Phi) is 4.80. The van der Waals surface area contributed by atoms with Crippen molar-refractivity contribution in [1.82, 2.24) is 9.97 Å². The molecule has 4 nitrogen and oxygen atoms in total. The molecule has 0 atom stereocenters. The lowest BCUT2D eigenvalue weighted by atomic mass is 10.4. The van der Waals surface area contributed by atoms with Crippen molar-refractivity contribution in [2.24, 2.45) is 0 Å². The molecule has 100 valence electrons. The first kappa shape index (κ1) is 13.6. The molecular weight excluding hydrogens is 294 g/mol. The van der Waals surface area contributed by atoms with E-state index in [-0.39, 0.29) is 0 Å². The van der Waals surface area contributed by atoms with E-state index < -0.39 is 0 Å². The summed E-state index contributed by atoms with van der Waals surface area (Å²) in [6.07, 6.45) is 3.48. The third kappa shape index (κ3) is 3.57. The molecule has 1 aliphatic carbocycles. The summed E-state index contributed by atoms with van der Waals surface area (Å²) in [5.41, 5.74) is 0.964. The quantitative estimate of drug-likeness (QED) is 0.725. The van der Waals surface area contributed by atoms with Crippen LogP contribution in [0.25, 0.3) is 0 Å². The molecule has 0 spiro atoms. The van der Waals surface area contributed by atoms with Gasteiger partial charge in [0, 0.05) is 29.7 Å². The molecule has 0 aromatic carbocycles. The van der Waals surface area contributed by atoms with Gasteiger partial charge >= 0.3 is 0 Å². The Bertz CT molecular complexity index is 396. The van der Waals surface area contributed by atoms with Crippen LogP contribution in [0.4, 0.5) is 5.95 Å². The molecule has 1 fully saturated rings. The van der Waals surface area contributed by atoms with E-state index >= 15 is 0 Å². The molecule has 1 aliphatic rings. The van der Waals surface area contributed by atoms with E-state index in [1.807, 2.05) is 13.0 Å². The lowest BCUT2D eigenvalue weighted by molar-refractivity contribution is 0.304. The lowest BCUT2D eigenvalue weighted by Crippen LogP contribution is -2.29. The number of aryl methyl sites for hydroxylation is 1. The highest BCUT2D eigenvalue weighted by Crippen LogP contribution is 2.30. The molecule has 0 amide bonds. The van der Waals surface area contributed by atoms with Gasteiger partial charge in [0.15, 0.2) is 0 Å². The molecular formula is C13H20BrN3O. The van der Waals surface area contributed by atoms with Crippen molar-refractivity contribution in [1.29, 1.82) is 0 Å². The van der Waals surface area contributed by atoms with E-state index in [1.165, 1.54) is 12.8 Å². The van der Waals surface area contributed by atoms with Crippen LogP contribution in [0.3, 0.4) is 0 Å². The standard InChI is InChI=1S/C13H20BrN3O/c1-3-8-18-12-9-10(2)15-13(16-12)17(7-6-14)11-4-5-11/h9,11H,3-8H2,1-2H3. The van der Waals surface area contributed by atoms with Crippen LogP contribution in [0.1, 0.15) is 31.9 Å². The average Bonchev–Trinajstić information content (AvgIpc) is 3.17. The zero-order chi connectivity index (χ0) is 13.0. The normalized spacial score (nSPS) is 14.6. The molecule has 1 heterocycles. The third-order valence-electron chi connectivity index (χ3n) is 2.84. The van der Waals surface area contributed by atoms with Gasteiger partial charge in [-0.05, 0) is 26.2 Å². The Morgan fingerprint density at radius 3 is 2.83 bits per heavy atom. The number of hydrogen-bond donors (Lipinski definition) is 0. The Morgan fingerprint density at radius 2 is 2.22 bits per heavy atom. The van der Waals surface area contributed by atoms with E-state index in [2.05, 4.69) is 37.7 Å². The van der Waals surface area contributed by atoms with Gasteiger partial charge in [0.25, 0.3) is 0 Å². The zero-order valence-corrected chi connectivity index (χ0v) is 12.6. The summed E-state index contributed by atoms with van der Waals surface area (Å²) in [6, 6.07) is 2.52. The minimum Gasteiger partial charge on any atom is -0.478 e. The Balaban J connectivity index is 2.16. The molecule has 0 radical (unpaired) electrons. The van der Waals surface area contributed by atoms with Gasteiger partial charge in [-0.2, -0.15) is 4.98 Å². The summed E-state index contributed by atoms with van der Waals surface area (Å²) in [6.45, 7) is 5.73. The largest absolute Gasteiger partial charge is 0.478 e. The monoisotopic (exact) mass is 313 g/mol. The number of alkyl halides is 1. The van der Waals surface area contributed by atoms with Crippen molar-refractivity contribution >= 4 is 21.9 Å². The van der Waals surface area contributed by atoms with E-state index in [0.29, 0.717) is 18.5 Å². The fraction of sp³-hybridized carbons (Fsp3) is 0.692. The maximum absolute atomic E-state index is 5.62. The Morgan fingerprint density at radius 1 is 1.44 bits per heavy atom. The van der Waals surface area contributed by atoms with E-state index in [1.54, 1.807) is 0 Å². The van der Waals surface area contributed by atoms with Crippen LogP contribution in [0.5, 0.6) is 5.88 Å². The molecule has 2 rings (SSSR count). The van der Waals surface area contributed by atoms with Gasteiger partial charge in [-0.15, -0.1) is 0 Å². The predicted molar refractivity (Wildman–Crippen MR) is 76.7 cm³/mol. The fourth-order valence-corrected chi connectivity index (χ4v) is 2.24. The van der Waals surface area contributed by atoms with E-state index in [4.69, 9.17) is 4.74 Å². The Hall–Kier alpha value is -0.840. The third-order valence-corrected chi connectivity index (χ3v) is 3.20. The second-order valence-electron chi connectivity index (χ2n) is 4.61. The molecule has 0 bridgehead atoms. The van der Waals surface area contributed by atoms with E-state index in [9.17, 15) is 0 Å². The number of halogens is 1. The Labute approximate surface area is 117 Å². The molecule has 0 N–H and O–H groups in total. The molecule has 0 saturated heterocycles. The van der Waals surface area contributed by atoms with Crippen molar-refractivity contribution in [2.45, 2.75) is 39.2 Å². The van der Waals surface area contributed by atoms with Gasteiger partial charge in [-0.3, -0.25) is 0 Å². The summed E-state index contributed by atoms with van der Waals surface area (Å²) in [4.78, 5) is 11.3. The highest BCUT2D eigenvalue weighted by molar-refractivity contribution is 9.09. The summed E-state index contributed by atoms with van der Waals surface area (Å²) in [5, 5.41) is 0.936. The molecule has 1 aromatic heterocycles. The molecule has 1 saturated carbocycles. The number of rotatable bonds is 7. The zero-order valence-electron chi connectivity index (χ0n) is 11.0. The van der Waals surface area contributed by atoms with Crippen molar-refractivity contribution < 1.29 is 4.74 Å². The maximum atomic E-state index is 5.62. The highest BCUT2D eigenvalue weighted by atomic mass is 79.9. The van der Waals surface area contributed by atoms with Gasteiger partial charge in [-0.25, -0.2) is 4.98 Å². The van der Waals surface area contributed by atoms with Crippen LogP contribution in [0, 0.1) is 6.92 Å². The van der Waals surface area contributed by atoms with Crippen LogP contribution >= 0.6 is 15.9 Å². The van der Waals surface area contributed by atoms with Crippen LogP contribution < -0.4 is 9.64 Å². The fourth-order valence-electron chi connectivity index (χ4n) is 1.86. The second kappa shape index (κ2) is 6.36. The van der Waals surface area contributed by atoms with Crippen LogP contribution in [-0.2, 0) is 0 Å². The number of hydrogen-bond acceptors (Lipinski definition) is 4. The first-order chi connectivity index (χ1) is 8.74. The number of aromatic nitrogens is 2. The van der Waals surface area contributed by atoms with Gasteiger partial charge in [0.05, 0.1) is 6.61 Å².